The summed E-state index contributed by atoms with van der Waals surface area (Å²) in [6.07, 6.45) is -0.559. The van der Waals surface area contributed by atoms with Gasteiger partial charge in [0.15, 0.2) is 17.3 Å². The number of fused-ring (bicyclic) bond motifs is 4. The van der Waals surface area contributed by atoms with E-state index in [0.29, 0.717) is 12.0 Å². The van der Waals surface area contributed by atoms with Crippen molar-refractivity contribution in [3.05, 3.63) is 22.8 Å². The number of aliphatic carboxylic acids is 1. The highest BCUT2D eigenvalue weighted by molar-refractivity contribution is 6.14. The summed E-state index contributed by atoms with van der Waals surface area (Å²) in [6, 6.07) is 0. The summed E-state index contributed by atoms with van der Waals surface area (Å²) in [5.41, 5.74) is -3.08. The lowest BCUT2D eigenvalue weighted by Crippen LogP contribution is -2.64. The minimum atomic E-state index is -1.53. The molecule has 2 saturated carbocycles. The summed E-state index contributed by atoms with van der Waals surface area (Å²) in [5.74, 6) is -4.08. The van der Waals surface area contributed by atoms with Crippen molar-refractivity contribution in [1.29, 1.82) is 0 Å². The van der Waals surface area contributed by atoms with Crippen LogP contribution in [0.25, 0.3) is 0 Å². The van der Waals surface area contributed by atoms with Gasteiger partial charge in [0.05, 0.1) is 12.0 Å². The lowest BCUT2D eigenvalue weighted by molar-refractivity contribution is -0.156. The number of hydrogen-bond acceptors (Lipinski definition) is 7. The van der Waals surface area contributed by atoms with Gasteiger partial charge in [-0.05, 0) is 37.7 Å². The van der Waals surface area contributed by atoms with Crippen molar-refractivity contribution in [1.82, 2.24) is 0 Å². The molecule has 0 amide bonds. The number of aliphatic hydroxyl groups excluding tert-OH is 2. The molecule has 0 heterocycles. The van der Waals surface area contributed by atoms with Gasteiger partial charge in [0.2, 0.25) is 0 Å². The zero-order valence-electron chi connectivity index (χ0n) is 23.4. The van der Waals surface area contributed by atoms with Crippen LogP contribution in [-0.2, 0) is 24.0 Å². The van der Waals surface area contributed by atoms with E-state index in [1.807, 2.05) is 20.8 Å². The molecule has 8 nitrogen and oxygen atoms in total. The molecule has 3 N–H and O–H groups in total. The van der Waals surface area contributed by atoms with E-state index in [2.05, 4.69) is 0 Å². The molecule has 0 aromatic heterocycles. The fraction of sp³-hybridized carbons (Fsp3) is 0.700. The zero-order valence-corrected chi connectivity index (χ0v) is 23.4. The first-order chi connectivity index (χ1) is 17.4. The van der Waals surface area contributed by atoms with Gasteiger partial charge in [-0.3, -0.25) is 24.0 Å². The molecular formula is C30H40O8. The van der Waals surface area contributed by atoms with Crippen molar-refractivity contribution >= 4 is 29.1 Å². The number of carboxylic acid groups (broad SMARTS) is 1. The van der Waals surface area contributed by atoms with Gasteiger partial charge in [-0.2, -0.15) is 0 Å². The lowest BCUT2D eigenvalue weighted by Gasteiger charge is -2.60. The van der Waals surface area contributed by atoms with Crippen molar-refractivity contribution < 1.29 is 39.3 Å². The standard InChI is InChI=1S/C30H40O8/c1-14(10-16(31)11-15(2)26(37)38)17-12-21(34)30(7)22-18(32)13-19-27(3,4)20(33)8-9-28(19,5)23(22)24(35)25(36)29(17,30)6/h10,15,17,19,21,25,34,36H,8-9,11-13H2,1-7H3,(H,37,38). The van der Waals surface area contributed by atoms with E-state index in [9.17, 15) is 34.2 Å². The Morgan fingerprint density at radius 1 is 1.05 bits per heavy atom. The fourth-order valence-electron chi connectivity index (χ4n) is 8.51. The maximum atomic E-state index is 14.1. The van der Waals surface area contributed by atoms with Crippen molar-refractivity contribution in [3.8, 4) is 0 Å². The molecule has 0 saturated heterocycles. The Bertz CT molecular complexity index is 1210. The molecule has 8 atom stereocenters. The summed E-state index contributed by atoms with van der Waals surface area (Å²) in [4.78, 5) is 64.7. The maximum Gasteiger partial charge on any atom is 0.306 e. The fourth-order valence-corrected chi connectivity index (χ4v) is 8.51. The molecule has 2 fully saturated rings. The van der Waals surface area contributed by atoms with Crippen LogP contribution in [-0.4, -0.2) is 56.6 Å². The Kier molecular flexibility index (Phi) is 6.60. The first kappa shape index (κ1) is 28.6. The predicted octanol–water partition coefficient (Wildman–Crippen LogP) is 3.23. The van der Waals surface area contributed by atoms with Crippen LogP contribution in [0, 0.1) is 39.4 Å². The third kappa shape index (κ3) is 3.52. The van der Waals surface area contributed by atoms with Gasteiger partial charge >= 0.3 is 5.97 Å². The molecule has 208 valence electrons. The van der Waals surface area contributed by atoms with Crippen LogP contribution in [0.1, 0.15) is 80.6 Å². The summed E-state index contributed by atoms with van der Waals surface area (Å²) < 4.78 is 0. The molecule has 8 heteroatoms. The summed E-state index contributed by atoms with van der Waals surface area (Å²) in [5, 5.41) is 32.4. The summed E-state index contributed by atoms with van der Waals surface area (Å²) in [6.45, 7) is 12.1. The molecule has 38 heavy (non-hydrogen) atoms. The largest absolute Gasteiger partial charge is 0.481 e. The quantitative estimate of drug-likeness (QED) is 0.461. The van der Waals surface area contributed by atoms with E-state index >= 15 is 0 Å². The second kappa shape index (κ2) is 8.78. The number of carbonyl (C=O) groups excluding carboxylic acids is 4. The number of aliphatic hydroxyl groups is 2. The van der Waals surface area contributed by atoms with Crippen LogP contribution in [0.15, 0.2) is 22.8 Å². The van der Waals surface area contributed by atoms with E-state index in [1.54, 1.807) is 20.8 Å². The van der Waals surface area contributed by atoms with Crippen molar-refractivity contribution in [2.45, 2.75) is 92.8 Å². The van der Waals surface area contributed by atoms with Crippen LogP contribution in [0.2, 0.25) is 0 Å². The van der Waals surface area contributed by atoms with E-state index < -0.39 is 63.4 Å². The SMILES string of the molecule is CC(=CC(=O)CC(C)C(=O)O)C1CC(O)C2(C)C3=C(C(=O)C(O)C12C)C1(C)CCC(=O)C(C)(C)C1CC3=O. The Morgan fingerprint density at radius 2 is 1.66 bits per heavy atom. The van der Waals surface area contributed by atoms with E-state index in [4.69, 9.17) is 5.11 Å². The molecule has 0 bridgehead atoms. The van der Waals surface area contributed by atoms with Gasteiger partial charge in [-0.15, -0.1) is 0 Å². The monoisotopic (exact) mass is 528 g/mol. The summed E-state index contributed by atoms with van der Waals surface area (Å²) >= 11 is 0. The highest BCUT2D eigenvalue weighted by atomic mass is 16.4. The Labute approximate surface area is 223 Å². The van der Waals surface area contributed by atoms with Crippen LogP contribution < -0.4 is 0 Å². The molecule has 0 spiro atoms. The Morgan fingerprint density at radius 3 is 2.24 bits per heavy atom. The van der Waals surface area contributed by atoms with E-state index in [1.165, 1.54) is 13.0 Å². The average molecular weight is 529 g/mol. The molecule has 0 aliphatic heterocycles. The highest BCUT2D eigenvalue weighted by Gasteiger charge is 2.73. The van der Waals surface area contributed by atoms with Gasteiger partial charge in [-0.1, -0.05) is 47.1 Å². The van der Waals surface area contributed by atoms with E-state index in [0.717, 1.165) is 0 Å². The Hall–Kier alpha value is -2.45. The molecule has 0 aromatic rings. The van der Waals surface area contributed by atoms with Crippen molar-refractivity contribution in [2.75, 3.05) is 0 Å². The lowest BCUT2D eigenvalue weighted by atomic mass is 9.42. The van der Waals surface area contributed by atoms with Gasteiger partial charge in [0, 0.05) is 52.1 Å². The minimum Gasteiger partial charge on any atom is -0.481 e. The number of rotatable bonds is 5. The maximum absolute atomic E-state index is 14.1. The van der Waals surface area contributed by atoms with E-state index in [-0.39, 0.29) is 54.2 Å². The molecule has 8 unspecified atom stereocenters. The third-order valence-corrected chi connectivity index (χ3v) is 11.1. The number of Topliss-reactive ketones (excluding diaryl/α,β-unsaturated/α-hetero) is 3. The molecular weight excluding hydrogens is 488 g/mol. The topological polar surface area (TPSA) is 146 Å². The van der Waals surface area contributed by atoms with Crippen LogP contribution in [0.3, 0.4) is 0 Å². The highest BCUT2D eigenvalue weighted by Crippen LogP contribution is 2.70. The first-order valence-corrected chi connectivity index (χ1v) is 13.5. The average Bonchev–Trinajstić information content (AvgIpc) is 3.03. The second-order valence-electron chi connectivity index (χ2n) is 13.3. The molecule has 4 aliphatic rings. The molecule has 0 radical (unpaired) electrons. The van der Waals surface area contributed by atoms with Gasteiger partial charge in [0.25, 0.3) is 0 Å². The zero-order chi connectivity index (χ0) is 28.7. The predicted molar refractivity (Wildman–Crippen MR) is 138 cm³/mol. The smallest absolute Gasteiger partial charge is 0.306 e. The minimum absolute atomic E-state index is 0.0558. The second-order valence-corrected chi connectivity index (χ2v) is 13.3. The number of carboxylic acids is 1. The van der Waals surface area contributed by atoms with Crippen molar-refractivity contribution in [2.24, 2.45) is 39.4 Å². The van der Waals surface area contributed by atoms with Crippen LogP contribution in [0.5, 0.6) is 0 Å². The number of ketones is 4. The number of allylic oxidation sites excluding steroid dienone is 2. The first-order valence-electron chi connectivity index (χ1n) is 13.5. The van der Waals surface area contributed by atoms with Gasteiger partial charge in [-0.25, -0.2) is 0 Å². The van der Waals surface area contributed by atoms with Gasteiger partial charge < -0.3 is 15.3 Å². The molecule has 4 aliphatic carbocycles. The molecule has 0 aromatic carbocycles. The third-order valence-electron chi connectivity index (χ3n) is 11.1. The molecule has 4 rings (SSSR count). The number of carbonyl (C=O) groups is 5. The Balaban J connectivity index is 1.86. The number of hydrogen-bond donors (Lipinski definition) is 3. The normalized spacial score (nSPS) is 41.4. The van der Waals surface area contributed by atoms with Crippen LogP contribution in [0.4, 0.5) is 0 Å². The van der Waals surface area contributed by atoms with Gasteiger partial charge in [0.1, 0.15) is 11.9 Å². The van der Waals surface area contributed by atoms with Crippen molar-refractivity contribution in [3.63, 3.8) is 0 Å². The van der Waals surface area contributed by atoms with Crippen LogP contribution >= 0.6 is 0 Å². The summed E-state index contributed by atoms with van der Waals surface area (Å²) in [7, 11) is 0.